The molecule has 0 unspecified atom stereocenters. The summed E-state index contributed by atoms with van der Waals surface area (Å²) < 4.78 is 0. The molecule has 2 aromatic carbocycles. The Balaban J connectivity index is 1.93. The number of hydrogen-bond acceptors (Lipinski definition) is 4. The number of nitrogens with zero attached hydrogens (tertiary/aromatic N) is 1. The molecule has 0 aliphatic carbocycles. The molecule has 5 nitrogen and oxygen atoms in total. The molecule has 4 rings (SSSR count). The number of amides is 1. The Morgan fingerprint density at radius 2 is 1.76 bits per heavy atom. The van der Waals surface area contributed by atoms with Gasteiger partial charge in [-0.05, 0) is 35.9 Å². The Morgan fingerprint density at radius 3 is 2.52 bits per heavy atom. The zero-order valence-corrected chi connectivity index (χ0v) is 13.4. The fraction of sp³-hybridized carbons (Fsp3) is 0. The highest BCUT2D eigenvalue weighted by Crippen LogP contribution is 2.38. The van der Waals surface area contributed by atoms with Crippen molar-refractivity contribution in [1.29, 1.82) is 0 Å². The van der Waals surface area contributed by atoms with Crippen LogP contribution < -0.4 is 16.4 Å². The number of nitrogens with one attached hydrogen (secondary N) is 2. The van der Waals surface area contributed by atoms with Gasteiger partial charge in [0.25, 0.3) is 5.91 Å². The minimum absolute atomic E-state index is 0.152. The van der Waals surface area contributed by atoms with Crippen molar-refractivity contribution in [2.45, 2.75) is 0 Å². The number of aromatic nitrogens is 1. The van der Waals surface area contributed by atoms with Gasteiger partial charge in [0.1, 0.15) is 0 Å². The SMILES string of the molecule is Nc1ccc2c(c1)C(=C(Nc1ccncc1)c1ccccc1)C(=O)N2. The van der Waals surface area contributed by atoms with E-state index < -0.39 is 0 Å². The topological polar surface area (TPSA) is 80.0 Å². The molecule has 0 saturated heterocycles. The van der Waals surface area contributed by atoms with Crippen LogP contribution >= 0.6 is 0 Å². The second-order valence-electron chi connectivity index (χ2n) is 5.74. The van der Waals surface area contributed by atoms with Gasteiger partial charge in [-0.25, -0.2) is 0 Å². The Bertz CT molecular complexity index is 966. The molecular weight excluding hydrogens is 312 g/mol. The van der Waals surface area contributed by atoms with Crippen LogP contribution in [0.4, 0.5) is 17.1 Å². The van der Waals surface area contributed by atoms with Crippen molar-refractivity contribution in [3.05, 3.63) is 84.2 Å². The second-order valence-corrected chi connectivity index (χ2v) is 5.74. The molecule has 0 bridgehead atoms. The van der Waals surface area contributed by atoms with E-state index in [0.29, 0.717) is 11.3 Å². The van der Waals surface area contributed by atoms with Crippen molar-refractivity contribution >= 4 is 34.2 Å². The first-order valence-electron chi connectivity index (χ1n) is 7.90. The fourth-order valence-electron chi connectivity index (χ4n) is 2.90. The van der Waals surface area contributed by atoms with Crippen LogP contribution in [0.5, 0.6) is 0 Å². The van der Waals surface area contributed by atoms with Crippen LogP contribution in [0.15, 0.2) is 73.1 Å². The van der Waals surface area contributed by atoms with Crippen molar-refractivity contribution in [2.24, 2.45) is 0 Å². The highest BCUT2D eigenvalue weighted by molar-refractivity contribution is 6.37. The molecule has 25 heavy (non-hydrogen) atoms. The highest BCUT2D eigenvalue weighted by atomic mass is 16.2. The number of nitrogen functional groups attached to an aromatic ring is 1. The maximum Gasteiger partial charge on any atom is 0.258 e. The standard InChI is InChI=1S/C20H16N4O/c21-14-6-7-17-16(12-14)18(20(25)24-17)19(13-4-2-1-3-5-13)23-15-8-10-22-11-9-15/h1-12H,21H2,(H,22,23)(H,24,25). The maximum absolute atomic E-state index is 12.7. The molecule has 4 N–H and O–H groups in total. The average Bonchev–Trinajstić information content (AvgIpc) is 2.96. The van der Waals surface area contributed by atoms with Gasteiger partial charge in [-0.2, -0.15) is 0 Å². The van der Waals surface area contributed by atoms with Crippen LogP contribution in [0.1, 0.15) is 11.1 Å². The van der Waals surface area contributed by atoms with Crippen LogP contribution in [0.2, 0.25) is 0 Å². The highest BCUT2D eigenvalue weighted by Gasteiger charge is 2.28. The third kappa shape index (κ3) is 2.83. The molecule has 0 spiro atoms. The van der Waals surface area contributed by atoms with Gasteiger partial charge in [0.2, 0.25) is 0 Å². The van der Waals surface area contributed by atoms with E-state index in [1.54, 1.807) is 18.5 Å². The Hall–Kier alpha value is -3.60. The molecule has 122 valence electrons. The molecule has 2 heterocycles. The van der Waals surface area contributed by atoms with Gasteiger partial charge >= 0.3 is 0 Å². The number of fused-ring (bicyclic) bond motifs is 1. The van der Waals surface area contributed by atoms with Gasteiger partial charge in [0, 0.05) is 35.0 Å². The predicted molar refractivity (Wildman–Crippen MR) is 101 cm³/mol. The van der Waals surface area contributed by atoms with Gasteiger partial charge in [-0.1, -0.05) is 30.3 Å². The molecule has 0 radical (unpaired) electrons. The first kappa shape index (κ1) is 15.0. The summed E-state index contributed by atoms with van der Waals surface area (Å²) in [5, 5.41) is 6.27. The lowest BCUT2D eigenvalue weighted by Crippen LogP contribution is -2.10. The number of hydrogen-bond donors (Lipinski definition) is 3. The number of pyridine rings is 1. The van der Waals surface area contributed by atoms with Crippen LogP contribution in [0.3, 0.4) is 0 Å². The van der Waals surface area contributed by atoms with Gasteiger partial charge in [0.05, 0.1) is 11.3 Å². The van der Waals surface area contributed by atoms with Crippen molar-refractivity contribution < 1.29 is 4.79 Å². The van der Waals surface area contributed by atoms with Crippen molar-refractivity contribution in [3.8, 4) is 0 Å². The van der Waals surface area contributed by atoms with Crippen LogP contribution in [-0.4, -0.2) is 10.9 Å². The summed E-state index contributed by atoms with van der Waals surface area (Å²) in [6.07, 6.45) is 3.41. The maximum atomic E-state index is 12.7. The summed E-state index contributed by atoms with van der Waals surface area (Å²) in [4.78, 5) is 16.7. The van der Waals surface area contributed by atoms with Gasteiger partial charge in [-0.3, -0.25) is 9.78 Å². The summed E-state index contributed by atoms with van der Waals surface area (Å²) in [7, 11) is 0. The van der Waals surface area contributed by atoms with E-state index in [4.69, 9.17) is 5.73 Å². The third-order valence-electron chi connectivity index (χ3n) is 4.05. The number of nitrogens with two attached hydrogens (primary N) is 1. The normalized spacial score (nSPS) is 14.6. The van der Waals surface area contributed by atoms with Gasteiger partial charge < -0.3 is 16.4 Å². The van der Waals surface area contributed by atoms with Gasteiger partial charge in [0.15, 0.2) is 0 Å². The molecule has 1 aliphatic heterocycles. The summed E-state index contributed by atoms with van der Waals surface area (Å²) in [6, 6.07) is 18.9. The molecule has 1 aromatic heterocycles. The number of carbonyl (C=O) groups is 1. The smallest absolute Gasteiger partial charge is 0.258 e. The van der Waals surface area contributed by atoms with Crippen molar-refractivity contribution in [3.63, 3.8) is 0 Å². The third-order valence-corrected chi connectivity index (χ3v) is 4.05. The zero-order valence-electron chi connectivity index (χ0n) is 13.4. The van der Waals surface area contributed by atoms with Crippen molar-refractivity contribution in [2.75, 3.05) is 16.4 Å². The van der Waals surface area contributed by atoms with Gasteiger partial charge in [-0.15, -0.1) is 0 Å². The summed E-state index contributed by atoms with van der Waals surface area (Å²) in [5.74, 6) is -0.152. The summed E-state index contributed by atoms with van der Waals surface area (Å²) in [5.41, 5.74) is 11.2. The minimum Gasteiger partial charge on any atom is -0.399 e. The molecule has 0 saturated carbocycles. The largest absolute Gasteiger partial charge is 0.399 e. The summed E-state index contributed by atoms with van der Waals surface area (Å²) >= 11 is 0. The van der Waals surface area contributed by atoms with E-state index in [0.717, 1.165) is 28.2 Å². The van der Waals surface area contributed by atoms with E-state index in [9.17, 15) is 4.79 Å². The molecule has 3 aromatic rings. The summed E-state index contributed by atoms with van der Waals surface area (Å²) in [6.45, 7) is 0. The van der Waals surface area contributed by atoms with E-state index in [1.807, 2.05) is 54.6 Å². The average molecular weight is 328 g/mol. The Morgan fingerprint density at radius 1 is 1.00 bits per heavy atom. The van der Waals surface area contributed by atoms with Crippen LogP contribution in [0.25, 0.3) is 11.3 Å². The number of rotatable bonds is 3. The molecule has 5 heteroatoms. The monoisotopic (exact) mass is 328 g/mol. The molecule has 1 aliphatic rings. The van der Waals surface area contributed by atoms with E-state index >= 15 is 0 Å². The lowest BCUT2D eigenvalue weighted by Gasteiger charge is -2.14. The first-order chi connectivity index (χ1) is 12.2. The van der Waals surface area contributed by atoms with Crippen molar-refractivity contribution in [1.82, 2.24) is 4.98 Å². The first-order valence-corrected chi connectivity index (χ1v) is 7.90. The fourth-order valence-corrected chi connectivity index (χ4v) is 2.90. The molecule has 1 amide bonds. The Kier molecular flexibility index (Phi) is 3.67. The lowest BCUT2D eigenvalue weighted by molar-refractivity contribution is -0.110. The predicted octanol–water partition coefficient (Wildman–Crippen LogP) is 3.60. The van der Waals surface area contributed by atoms with E-state index in [1.165, 1.54) is 0 Å². The van der Waals surface area contributed by atoms with E-state index in [-0.39, 0.29) is 5.91 Å². The molecule has 0 atom stereocenters. The number of carbonyl (C=O) groups excluding carboxylic acids is 1. The molecular formula is C20H16N4O. The number of anilines is 3. The number of benzene rings is 2. The molecule has 0 fully saturated rings. The second kappa shape index (κ2) is 6.13. The zero-order chi connectivity index (χ0) is 17.2. The van der Waals surface area contributed by atoms with Crippen LogP contribution in [0, 0.1) is 0 Å². The quantitative estimate of drug-likeness (QED) is 0.507. The Labute approximate surface area is 145 Å². The van der Waals surface area contributed by atoms with E-state index in [2.05, 4.69) is 15.6 Å². The lowest BCUT2D eigenvalue weighted by atomic mass is 9.99. The minimum atomic E-state index is -0.152. The van der Waals surface area contributed by atoms with Crippen LogP contribution in [-0.2, 0) is 4.79 Å².